The number of esters is 1. The fourth-order valence-electron chi connectivity index (χ4n) is 8.57. The van der Waals surface area contributed by atoms with Gasteiger partial charge in [-0.2, -0.15) is 0 Å². The first-order valence-corrected chi connectivity index (χ1v) is 13.3. The molecule has 4 unspecified atom stereocenters. The molecule has 5 aliphatic rings. The fourth-order valence-corrected chi connectivity index (χ4v) is 8.57. The van der Waals surface area contributed by atoms with Crippen molar-refractivity contribution in [3.05, 3.63) is 24.3 Å². The van der Waals surface area contributed by atoms with Gasteiger partial charge in [0.15, 0.2) is 12.4 Å². The first kappa shape index (κ1) is 24.5. The van der Waals surface area contributed by atoms with E-state index in [-0.39, 0.29) is 18.1 Å². The average molecular weight is 475 g/mol. The highest BCUT2D eigenvalue weighted by molar-refractivity contribution is 5.66. The molecule has 1 aliphatic heterocycles. The number of allylic oxidation sites excluding steroid dienone is 2. The molecule has 6 heteroatoms. The lowest BCUT2D eigenvalue weighted by Gasteiger charge is -2.58. The Balaban J connectivity index is 1.25. The van der Waals surface area contributed by atoms with Crippen molar-refractivity contribution in [2.45, 2.75) is 103 Å². The molecule has 0 bridgehead atoms. The van der Waals surface area contributed by atoms with Crippen molar-refractivity contribution in [2.75, 3.05) is 6.61 Å². The van der Waals surface area contributed by atoms with E-state index >= 15 is 0 Å². The van der Waals surface area contributed by atoms with Crippen molar-refractivity contribution in [1.82, 2.24) is 0 Å². The zero-order chi connectivity index (χ0) is 24.3. The quantitative estimate of drug-likeness (QED) is 0.470. The fraction of sp³-hybridized carbons (Fsp3) is 0.821. The van der Waals surface area contributed by atoms with Crippen LogP contribution in [0.25, 0.3) is 0 Å². The summed E-state index contributed by atoms with van der Waals surface area (Å²) >= 11 is 0. The molecule has 1 saturated heterocycles. The predicted molar refractivity (Wildman–Crippen MR) is 128 cm³/mol. The van der Waals surface area contributed by atoms with Crippen LogP contribution in [-0.2, 0) is 19.0 Å². The first-order valence-electron chi connectivity index (χ1n) is 13.3. The molecule has 0 aromatic rings. The van der Waals surface area contributed by atoms with E-state index in [0.29, 0.717) is 11.3 Å². The maximum Gasteiger partial charge on any atom is 0.303 e. The number of carbonyl (C=O) groups is 1. The van der Waals surface area contributed by atoms with Crippen LogP contribution in [0.5, 0.6) is 0 Å². The maximum atomic E-state index is 11.2. The van der Waals surface area contributed by atoms with Gasteiger partial charge in [-0.3, -0.25) is 4.79 Å². The third kappa shape index (κ3) is 3.89. The summed E-state index contributed by atoms with van der Waals surface area (Å²) in [5, 5.41) is 20.9. The Hall–Kier alpha value is -1.21. The largest absolute Gasteiger partial charge is 0.457 e. The van der Waals surface area contributed by atoms with Gasteiger partial charge in [0.05, 0.1) is 12.7 Å². The molecule has 0 aromatic carbocycles. The van der Waals surface area contributed by atoms with Crippen LogP contribution in [-0.4, -0.2) is 53.5 Å². The van der Waals surface area contributed by atoms with Crippen LogP contribution >= 0.6 is 0 Å². The summed E-state index contributed by atoms with van der Waals surface area (Å²) in [5.74, 6) is 2.47. The first-order chi connectivity index (χ1) is 16.2. The van der Waals surface area contributed by atoms with E-state index in [1.807, 2.05) is 0 Å². The minimum Gasteiger partial charge on any atom is -0.457 e. The summed E-state index contributed by atoms with van der Waals surface area (Å²) in [6.07, 6.45) is 9.73. The Labute approximate surface area is 203 Å². The van der Waals surface area contributed by atoms with Crippen LogP contribution < -0.4 is 0 Å². The molecule has 1 heterocycles. The summed E-state index contributed by atoms with van der Waals surface area (Å²) in [5.41, 5.74) is 2.16. The Kier molecular flexibility index (Phi) is 6.50. The third-order valence-corrected chi connectivity index (χ3v) is 10.5. The molecule has 0 aromatic heterocycles. The van der Waals surface area contributed by atoms with Crippen molar-refractivity contribution in [3.63, 3.8) is 0 Å². The standard InChI is InChI=1S/C28H42O6/c1-5-17-7-9-21-20-8-6-18-14-19(10-12-28(18,4)22(20)11-13-27(17,21)3)34-26-25(31)24(30)23(15-32-26)33-16(2)29/h5-6,17,19-26,30-31H,1,7-15H2,2-4H3/t17-,19-,20?,21?,22?,23?,24+,25+,26-,27+,28-/m0/s1. The van der Waals surface area contributed by atoms with Crippen molar-refractivity contribution >= 4 is 5.97 Å². The molecule has 4 fully saturated rings. The lowest BCUT2D eigenvalue weighted by molar-refractivity contribution is -0.286. The molecule has 2 N–H and O–H groups in total. The summed E-state index contributed by atoms with van der Waals surface area (Å²) in [4.78, 5) is 11.2. The smallest absolute Gasteiger partial charge is 0.303 e. The molecule has 3 saturated carbocycles. The van der Waals surface area contributed by atoms with Gasteiger partial charge in [-0.15, -0.1) is 6.58 Å². The molecule has 5 rings (SSSR count). The van der Waals surface area contributed by atoms with Gasteiger partial charge in [0, 0.05) is 6.92 Å². The number of fused-ring (bicyclic) bond motifs is 5. The van der Waals surface area contributed by atoms with E-state index in [2.05, 4.69) is 32.6 Å². The van der Waals surface area contributed by atoms with Gasteiger partial charge in [-0.05, 0) is 85.9 Å². The minimum absolute atomic E-state index is 0.0191. The Morgan fingerprint density at radius 3 is 2.68 bits per heavy atom. The zero-order valence-electron chi connectivity index (χ0n) is 20.9. The molecule has 0 amide bonds. The number of aliphatic hydroxyl groups is 2. The van der Waals surface area contributed by atoms with Gasteiger partial charge in [-0.25, -0.2) is 0 Å². The van der Waals surface area contributed by atoms with E-state index < -0.39 is 30.6 Å². The lowest BCUT2D eigenvalue weighted by Crippen LogP contribution is -2.56. The average Bonchev–Trinajstić information content (AvgIpc) is 3.15. The van der Waals surface area contributed by atoms with E-state index in [4.69, 9.17) is 14.2 Å². The van der Waals surface area contributed by atoms with Crippen LogP contribution in [0.15, 0.2) is 24.3 Å². The van der Waals surface area contributed by atoms with Gasteiger partial charge in [0.1, 0.15) is 12.2 Å². The van der Waals surface area contributed by atoms with Gasteiger partial charge in [0.25, 0.3) is 0 Å². The molecular formula is C28H42O6. The van der Waals surface area contributed by atoms with Crippen LogP contribution in [0.4, 0.5) is 0 Å². The number of ether oxygens (including phenoxy) is 3. The molecule has 190 valence electrons. The summed E-state index contributed by atoms with van der Waals surface area (Å²) in [6.45, 7) is 10.5. The van der Waals surface area contributed by atoms with Gasteiger partial charge in [-0.1, -0.05) is 31.6 Å². The number of rotatable bonds is 4. The Bertz CT molecular complexity index is 839. The molecular weight excluding hydrogens is 432 g/mol. The van der Waals surface area contributed by atoms with Gasteiger partial charge < -0.3 is 24.4 Å². The lowest BCUT2D eigenvalue weighted by atomic mass is 9.47. The third-order valence-electron chi connectivity index (χ3n) is 10.5. The van der Waals surface area contributed by atoms with Crippen LogP contribution in [0.3, 0.4) is 0 Å². The van der Waals surface area contributed by atoms with Crippen LogP contribution in [0, 0.1) is 34.5 Å². The summed E-state index contributed by atoms with van der Waals surface area (Å²) in [6, 6.07) is 0. The second kappa shape index (κ2) is 9.02. The summed E-state index contributed by atoms with van der Waals surface area (Å²) < 4.78 is 16.9. The monoisotopic (exact) mass is 474 g/mol. The van der Waals surface area contributed by atoms with Crippen molar-refractivity contribution in [2.24, 2.45) is 34.5 Å². The maximum absolute atomic E-state index is 11.2. The molecule has 34 heavy (non-hydrogen) atoms. The second-order valence-electron chi connectivity index (χ2n) is 12.1. The van der Waals surface area contributed by atoms with Gasteiger partial charge >= 0.3 is 5.97 Å². The Morgan fingerprint density at radius 1 is 1.15 bits per heavy atom. The Morgan fingerprint density at radius 2 is 1.94 bits per heavy atom. The zero-order valence-corrected chi connectivity index (χ0v) is 20.9. The summed E-state index contributed by atoms with van der Waals surface area (Å²) in [7, 11) is 0. The number of hydrogen-bond acceptors (Lipinski definition) is 6. The molecule has 0 spiro atoms. The minimum atomic E-state index is -1.24. The highest BCUT2D eigenvalue weighted by atomic mass is 16.7. The van der Waals surface area contributed by atoms with Gasteiger partial charge in [0.2, 0.25) is 0 Å². The van der Waals surface area contributed by atoms with Crippen molar-refractivity contribution in [1.29, 1.82) is 0 Å². The van der Waals surface area contributed by atoms with Crippen LogP contribution in [0.2, 0.25) is 0 Å². The van der Waals surface area contributed by atoms with Crippen molar-refractivity contribution < 1.29 is 29.2 Å². The topological polar surface area (TPSA) is 85.2 Å². The molecule has 11 atom stereocenters. The highest BCUT2D eigenvalue weighted by Gasteiger charge is 2.58. The van der Waals surface area contributed by atoms with E-state index in [1.165, 1.54) is 38.2 Å². The molecule has 0 radical (unpaired) electrons. The van der Waals surface area contributed by atoms with E-state index in [9.17, 15) is 15.0 Å². The number of aliphatic hydroxyl groups excluding tert-OH is 2. The molecule has 6 nitrogen and oxygen atoms in total. The van der Waals surface area contributed by atoms with E-state index in [0.717, 1.165) is 43.4 Å². The number of carbonyl (C=O) groups excluding carboxylic acids is 1. The normalized spacial score (nSPS) is 50.4. The SMILES string of the molecule is C=C[C@H]1CCC2C3CC=C4C[C@@H](O[C@@H]5OCC(OC(C)=O)[C@@H](O)[C@H]5O)CC[C@]4(C)C3CC[C@@]21C. The molecule has 4 aliphatic carbocycles. The predicted octanol–water partition coefficient (Wildman–Crippen LogP) is 4.15. The van der Waals surface area contributed by atoms with E-state index in [1.54, 1.807) is 0 Å². The highest BCUT2D eigenvalue weighted by Crippen LogP contribution is 2.66. The van der Waals surface area contributed by atoms with Crippen LogP contribution in [0.1, 0.15) is 72.1 Å². The second-order valence-corrected chi connectivity index (χ2v) is 12.1. The number of hydrogen-bond donors (Lipinski definition) is 2. The van der Waals surface area contributed by atoms with Crippen molar-refractivity contribution in [3.8, 4) is 0 Å².